The molecule has 3 atom stereocenters. The number of hydrogen-bond acceptors (Lipinski definition) is 3. The number of benzene rings is 1. The van der Waals surface area contributed by atoms with E-state index in [2.05, 4.69) is 13.8 Å². The van der Waals surface area contributed by atoms with Crippen molar-refractivity contribution in [3.05, 3.63) is 47.0 Å². The molecule has 0 aromatic heterocycles. The van der Waals surface area contributed by atoms with Gasteiger partial charge in [0, 0.05) is 5.92 Å². The van der Waals surface area contributed by atoms with Crippen molar-refractivity contribution in [2.75, 3.05) is 6.61 Å². The number of nitrogens with zero attached hydrogens (tertiary/aromatic N) is 1. The van der Waals surface area contributed by atoms with Gasteiger partial charge in [0.2, 0.25) is 0 Å². The molecule has 1 aliphatic carbocycles. The van der Waals surface area contributed by atoms with Crippen LogP contribution in [0.15, 0.2) is 41.5 Å². The summed E-state index contributed by atoms with van der Waals surface area (Å²) in [4.78, 5) is 26.9. The second kappa shape index (κ2) is 5.84. The van der Waals surface area contributed by atoms with Gasteiger partial charge in [-0.15, -0.1) is 0 Å². The molecule has 1 aliphatic heterocycles. The van der Waals surface area contributed by atoms with Crippen LogP contribution >= 0.6 is 0 Å². The molecule has 0 unspecified atom stereocenters. The van der Waals surface area contributed by atoms with Crippen LogP contribution in [0, 0.1) is 11.8 Å². The number of ether oxygens (including phenoxy) is 1. The minimum Gasteiger partial charge on any atom is -0.447 e. The third-order valence-corrected chi connectivity index (χ3v) is 5.18. The summed E-state index contributed by atoms with van der Waals surface area (Å²) < 4.78 is 5.31. The van der Waals surface area contributed by atoms with Crippen LogP contribution in [-0.4, -0.2) is 29.4 Å². The van der Waals surface area contributed by atoms with E-state index >= 15 is 0 Å². The molecule has 1 heterocycles. The molecular formula is C19H23NO3. The Kier molecular flexibility index (Phi) is 4.00. The van der Waals surface area contributed by atoms with Gasteiger partial charge in [-0.25, -0.2) is 4.79 Å². The zero-order valence-corrected chi connectivity index (χ0v) is 14.1. The molecule has 23 heavy (non-hydrogen) atoms. The van der Waals surface area contributed by atoms with E-state index in [1.165, 1.54) is 0 Å². The first-order valence-electron chi connectivity index (χ1n) is 8.15. The van der Waals surface area contributed by atoms with E-state index in [0.717, 1.165) is 16.7 Å². The molecule has 1 saturated heterocycles. The van der Waals surface area contributed by atoms with Gasteiger partial charge in [-0.05, 0) is 30.9 Å². The molecule has 1 aromatic rings. The van der Waals surface area contributed by atoms with Gasteiger partial charge < -0.3 is 4.74 Å². The Balaban J connectivity index is 2.01. The summed E-state index contributed by atoms with van der Waals surface area (Å²) in [6, 6.07) is 9.16. The molecule has 0 spiro atoms. The van der Waals surface area contributed by atoms with Crippen molar-refractivity contribution < 1.29 is 14.3 Å². The van der Waals surface area contributed by atoms with E-state index in [4.69, 9.17) is 4.74 Å². The number of cyclic esters (lactones) is 1. The van der Waals surface area contributed by atoms with Crippen molar-refractivity contribution in [1.29, 1.82) is 0 Å². The smallest absolute Gasteiger partial charge is 0.411 e. The average Bonchev–Trinajstić information content (AvgIpc) is 3.01. The van der Waals surface area contributed by atoms with E-state index in [1.807, 2.05) is 44.2 Å². The zero-order valence-electron chi connectivity index (χ0n) is 14.1. The van der Waals surface area contributed by atoms with Crippen molar-refractivity contribution in [2.24, 2.45) is 11.8 Å². The molecule has 1 aromatic carbocycles. The van der Waals surface area contributed by atoms with E-state index in [9.17, 15) is 9.59 Å². The molecule has 1 amide bonds. The lowest BCUT2D eigenvalue weighted by molar-refractivity contribution is -0.120. The Morgan fingerprint density at radius 2 is 1.78 bits per heavy atom. The Hall–Kier alpha value is -2.10. The summed E-state index contributed by atoms with van der Waals surface area (Å²) in [6.07, 6.45) is -0.384. The minimum absolute atomic E-state index is 0.0550. The summed E-state index contributed by atoms with van der Waals surface area (Å²) in [5, 5.41) is 0. The first-order chi connectivity index (χ1) is 10.9. The Labute approximate surface area is 137 Å². The highest BCUT2D eigenvalue weighted by molar-refractivity contribution is 6.04. The SMILES string of the molecule is CC1=C(C)[C@H](C(C)C)[C@@H](N2C(=O)OC[C@@H]2c2ccccc2)C1=O. The number of amides is 1. The maximum absolute atomic E-state index is 12.8. The number of carbonyl (C=O) groups excluding carboxylic acids is 2. The average molecular weight is 313 g/mol. The van der Waals surface area contributed by atoms with E-state index in [0.29, 0.717) is 6.61 Å². The fraction of sp³-hybridized carbons (Fsp3) is 0.474. The third kappa shape index (κ3) is 2.46. The van der Waals surface area contributed by atoms with Gasteiger partial charge in [0.25, 0.3) is 0 Å². The second-order valence-corrected chi connectivity index (χ2v) is 6.80. The second-order valence-electron chi connectivity index (χ2n) is 6.80. The maximum Gasteiger partial charge on any atom is 0.411 e. The standard InChI is InChI=1S/C19H23NO3/c1-11(2)16-12(3)13(4)18(21)17(16)20-15(10-23-19(20)22)14-8-6-5-7-9-14/h5-9,11,15-17H,10H2,1-4H3/t15-,16+,17-/m1/s1. The number of Topliss-reactive ketones (excluding diaryl/α,β-unsaturated/α-hetero) is 1. The van der Waals surface area contributed by atoms with Crippen molar-refractivity contribution >= 4 is 11.9 Å². The van der Waals surface area contributed by atoms with Crippen LogP contribution in [0.25, 0.3) is 0 Å². The molecule has 0 N–H and O–H groups in total. The molecule has 2 aliphatic rings. The first-order valence-corrected chi connectivity index (χ1v) is 8.15. The highest BCUT2D eigenvalue weighted by atomic mass is 16.6. The van der Waals surface area contributed by atoms with Gasteiger partial charge >= 0.3 is 6.09 Å². The predicted octanol–water partition coefficient (Wildman–Crippen LogP) is 3.74. The van der Waals surface area contributed by atoms with E-state index in [-0.39, 0.29) is 29.8 Å². The summed E-state index contributed by atoms with van der Waals surface area (Å²) >= 11 is 0. The molecular weight excluding hydrogens is 290 g/mol. The quantitative estimate of drug-likeness (QED) is 0.854. The summed E-state index contributed by atoms with van der Waals surface area (Å²) in [5.74, 6) is 0.395. The molecule has 3 rings (SSSR count). The van der Waals surface area contributed by atoms with Crippen LogP contribution in [0.4, 0.5) is 4.79 Å². The van der Waals surface area contributed by atoms with Crippen molar-refractivity contribution in [2.45, 2.75) is 39.8 Å². The Morgan fingerprint density at radius 3 is 2.39 bits per heavy atom. The van der Waals surface area contributed by atoms with E-state index < -0.39 is 6.04 Å². The number of hydrogen-bond donors (Lipinski definition) is 0. The maximum atomic E-state index is 12.8. The normalized spacial score (nSPS) is 28.0. The number of carbonyl (C=O) groups is 2. The molecule has 1 fully saturated rings. The molecule has 0 radical (unpaired) electrons. The molecule has 0 saturated carbocycles. The van der Waals surface area contributed by atoms with Crippen LogP contribution in [-0.2, 0) is 9.53 Å². The van der Waals surface area contributed by atoms with Crippen LogP contribution in [0.3, 0.4) is 0 Å². The largest absolute Gasteiger partial charge is 0.447 e. The van der Waals surface area contributed by atoms with E-state index in [1.54, 1.807) is 4.90 Å². The van der Waals surface area contributed by atoms with Gasteiger partial charge in [-0.3, -0.25) is 9.69 Å². The van der Waals surface area contributed by atoms with Gasteiger partial charge in [0.1, 0.15) is 12.6 Å². The Morgan fingerprint density at radius 1 is 1.13 bits per heavy atom. The first kappa shape index (κ1) is 15.8. The molecule has 122 valence electrons. The Bertz CT molecular complexity index is 662. The fourth-order valence-electron chi connectivity index (χ4n) is 3.90. The van der Waals surface area contributed by atoms with Crippen molar-refractivity contribution in [3.8, 4) is 0 Å². The van der Waals surface area contributed by atoms with Crippen LogP contribution in [0.1, 0.15) is 39.3 Å². The molecule has 4 heteroatoms. The highest BCUT2D eigenvalue weighted by Gasteiger charge is 2.50. The molecule has 0 bridgehead atoms. The van der Waals surface area contributed by atoms with Gasteiger partial charge in [0.05, 0.1) is 6.04 Å². The summed E-state index contributed by atoms with van der Waals surface area (Å²) in [7, 11) is 0. The van der Waals surface area contributed by atoms with Crippen LogP contribution in [0.2, 0.25) is 0 Å². The third-order valence-electron chi connectivity index (χ3n) is 5.18. The topological polar surface area (TPSA) is 46.6 Å². The van der Waals surface area contributed by atoms with Gasteiger partial charge in [-0.1, -0.05) is 49.8 Å². The minimum atomic E-state index is -0.449. The van der Waals surface area contributed by atoms with Gasteiger partial charge in [-0.2, -0.15) is 0 Å². The lowest BCUT2D eigenvalue weighted by Crippen LogP contribution is -2.46. The zero-order chi connectivity index (χ0) is 16.7. The summed E-state index contributed by atoms with van der Waals surface area (Å²) in [5.41, 5.74) is 2.90. The lowest BCUT2D eigenvalue weighted by atomic mass is 9.85. The van der Waals surface area contributed by atoms with Crippen LogP contribution in [0.5, 0.6) is 0 Å². The summed E-state index contributed by atoms with van der Waals surface area (Å²) in [6.45, 7) is 8.39. The monoisotopic (exact) mass is 313 g/mol. The lowest BCUT2D eigenvalue weighted by Gasteiger charge is -2.33. The predicted molar refractivity (Wildman–Crippen MR) is 87.9 cm³/mol. The van der Waals surface area contributed by atoms with Crippen molar-refractivity contribution in [1.82, 2.24) is 4.90 Å². The number of ketones is 1. The highest BCUT2D eigenvalue weighted by Crippen LogP contribution is 2.42. The van der Waals surface area contributed by atoms with Crippen LogP contribution < -0.4 is 0 Å². The molecule has 4 nitrogen and oxygen atoms in total. The fourth-order valence-corrected chi connectivity index (χ4v) is 3.90. The number of rotatable bonds is 3. The van der Waals surface area contributed by atoms with Gasteiger partial charge in [0.15, 0.2) is 5.78 Å². The van der Waals surface area contributed by atoms with Crippen molar-refractivity contribution in [3.63, 3.8) is 0 Å².